The van der Waals surface area contributed by atoms with Gasteiger partial charge in [-0.2, -0.15) is 0 Å². The number of ether oxygens (including phenoxy) is 1. The highest BCUT2D eigenvalue weighted by atomic mass is 16.7. The van der Waals surface area contributed by atoms with Crippen molar-refractivity contribution in [1.29, 1.82) is 0 Å². The maximum Gasteiger partial charge on any atom is 0.281 e. The Bertz CT molecular complexity index is 1520. The summed E-state index contributed by atoms with van der Waals surface area (Å²) in [4.78, 5) is 50.8. The number of aliphatic hydroxyl groups is 1. The molecule has 3 fully saturated rings. The number of likely N-dealkylation sites (N-methyl/N-ethyl adjacent to an activating group) is 1. The molecule has 0 bridgehead atoms. The van der Waals surface area contributed by atoms with Gasteiger partial charge in [-0.15, -0.1) is 0 Å². The van der Waals surface area contributed by atoms with E-state index in [1.54, 1.807) is 4.90 Å². The molecular formula is C32H41N5O5. The zero-order valence-corrected chi connectivity index (χ0v) is 25.0. The molecule has 2 unspecified atom stereocenters. The summed E-state index contributed by atoms with van der Waals surface area (Å²) in [6.45, 7) is 8.50. The Kier molecular flexibility index (Phi) is 6.18. The van der Waals surface area contributed by atoms with Gasteiger partial charge in [0.05, 0.1) is 5.92 Å². The molecule has 5 heterocycles. The number of carbonyl (C=O) groups excluding carboxylic acids is 3. The molecule has 4 aliphatic heterocycles. The SMILES string of the molecule is CCC(C)C1C(=O)N2CCC[C@H]2[C@]2(O)O[C@](NC(=O)[C@@H]3C=C4c5cccc6[nH]cc(c56)C[C@H]4N(C)C3)(C(C)C)C(=O)N12. The summed E-state index contributed by atoms with van der Waals surface area (Å²) in [5, 5.41) is 16.4. The minimum atomic E-state index is -2.01. The quantitative estimate of drug-likeness (QED) is 0.504. The van der Waals surface area contributed by atoms with Gasteiger partial charge in [-0.25, -0.2) is 0 Å². The second-order valence-electron chi connectivity index (χ2n) is 13.3. The van der Waals surface area contributed by atoms with Crippen molar-refractivity contribution in [2.45, 2.75) is 83.1 Å². The summed E-state index contributed by atoms with van der Waals surface area (Å²) in [6.07, 6.45) is 6.87. The lowest BCUT2D eigenvalue weighted by Gasteiger charge is -2.50. The van der Waals surface area contributed by atoms with Gasteiger partial charge in [0.25, 0.3) is 11.8 Å². The monoisotopic (exact) mass is 575 g/mol. The van der Waals surface area contributed by atoms with Gasteiger partial charge in [-0.3, -0.25) is 28.9 Å². The van der Waals surface area contributed by atoms with Crippen molar-refractivity contribution in [3.05, 3.63) is 41.6 Å². The van der Waals surface area contributed by atoms with Gasteiger partial charge in [-0.1, -0.05) is 52.3 Å². The van der Waals surface area contributed by atoms with E-state index in [1.165, 1.54) is 15.8 Å². The van der Waals surface area contributed by atoms with Crippen molar-refractivity contribution in [2.24, 2.45) is 17.8 Å². The summed E-state index contributed by atoms with van der Waals surface area (Å²) in [7, 11) is 2.03. The molecule has 1 aromatic heterocycles. The standard InChI is InChI=1S/C32H41N5O5/c1-6-18(4)27-29(39)36-12-8-11-25(36)32(41)37(27)30(40)31(42-32,17(2)3)34-28(38)20-13-22-21-9-7-10-23-26(21)19(15-33-23)14-24(22)35(5)16-20/h7,9-10,13,15,17-18,20,24-25,27,33,41H,6,8,11-12,14,16H2,1-5H3,(H,34,38)/t18?,20-,24-,25+,27?,31-,32+/m1/s1. The van der Waals surface area contributed by atoms with Crippen molar-refractivity contribution in [3.8, 4) is 0 Å². The van der Waals surface area contributed by atoms with Crippen LogP contribution in [0, 0.1) is 17.8 Å². The average molecular weight is 576 g/mol. The Morgan fingerprint density at radius 3 is 2.79 bits per heavy atom. The molecule has 42 heavy (non-hydrogen) atoms. The maximum absolute atomic E-state index is 14.4. The number of fused-ring (bicyclic) bond motifs is 5. The van der Waals surface area contributed by atoms with Gasteiger partial charge in [0.2, 0.25) is 17.5 Å². The van der Waals surface area contributed by atoms with Gasteiger partial charge < -0.3 is 20.3 Å². The lowest BCUT2D eigenvalue weighted by atomic mass is 9.79. The third kappa shape index (κ3) is 3.58. The molecule has 1 aromatic carbocycles. The van der Waals surface area contributed by atoms with Crippen LogP contribution in [0.15, 0.2) is 30.5 Å². The summed E-state index contributed by atoms with van der Waals surface area (Å²) in [6, 6.07) is 4.82. The van der Waals surface area contributed by atoms with Gasteiger partial charge in [0, 0.05) is 42.1 Å². The minimum absolute atomic E-state index is 0.150. The Morgan fingerprint density at radius 2 is 2.05 bits per heavy atom. The number of rotatable bonds is 5. The third-order valence-corrected chi connectivity index (χ3v) is 10.6. The molecule has 3 saturated heterocycles. The zero-order chi connectivity index (χ0) is 29.7. The van der Waals surface area contributed by atoms with Crippen LogP contribution in [0.1, 0.15) is 58.1 Å². The molecular weight excluding hydrogens is 534 g/mol. The fourth-order valence-corrected chi connectivity index (χ4v) is 8.11. The molecule has 0 saturated carbocycles. The van der Waals surface area contributed by atoms with Gasteiger partial charge in [0.15, 0.2) is 0 Å². The normalized spacial score (nSPS) is 34.9. The molecule has 7 rings (SSSR count). The van der Waals surface area contributed by atoms with E-state index in [0.717, 1.165) is 29.5 Å². The van der Waals surface area contributed by atoms with E-state index in [0.29, 0.717) is 25.9 Å². The van der Waals surface area contributed by atoms with Crippen LogP contribution in [0.4, 0.5) is 0 Å². The first-order valence-corrected chi connectivity index (χ1v) is 15.4. The number of carbonyl (C=O) groups is 3. The summed E-state index contributed by atoms with van der Waals surface area (Å²) >= 11 is 0. The van der Waals surface area contributed by atoms with E-state index in [-0.39, 0.29) is 23.8 Å². The lowest BCUT2D eigenvalue weighted by molar-refractivity contribution is -0.324. The Morgan fingerprint density at radius 1 is 1.26 bits per heavy atom. The highest BCUT2D eigenvalue weighted by Crippen LogP contribution is 2.49. The number of benzene rings is 1. The van der Waals surface area contributed by atoms with Crippen LogP contribution >= 0.6 is 0 Å². The first-order valence-electron chi connectivity index (χ1n) is 15.4. The van der Waals surface area contributed by atoms with Crippen LogP contribution in [0.25, 0.3) is 16.5 Å². The van der Waals surface area contributed by atoms with E-state index in [2.05, 4.69) is 33.5 Å². The minimum Gasteiger partial charge on any atom is -0.361 e. The topological polar surface area (TPSA) is 118 Å². The summed E-state index contributed by atoms with van der Waals surface area (Å²) < 4.78 is 6.45. The largest absolute Gasteiger partial charge is 0.361 e. The van der Waals surface area contributed by atoms with Crippen LogP contribution in [0.3, 0.4) is 0 Å². The molecule has 2 aromatic rings. The number of nitrogens with zero attached hydrogens (tertiary/aromatic N) is 3. The van der Waals surface area contributed by atoms with Gasteiger partial charge in [0.1, 0.15) is 12.1 Å². The van der Waals surface area contributed by atoms with Crippen molar-refractivity contribution < 1.29 is 24.2 Å². The predicted molar refractivity (Wildman–Crippen MR) is 156 cm³/mol. The highest BCUT2D eigenvalue weighted by molar-refractivity contribution is 6.01. The number of amides is 3. The molecule has 10 nitrogen and oxygen atoms in total. The Hall–Kier alpha value is -3.21. The lowest BCUT2D eigenvalue weighted by Crippen LogP contribution is -2.72. The zero-order valence-electron chi connectivity index (χ0n) is 25.0. The molecule has 5 aliphatic rings. The highest BCUT2D eigenvalue weighted by Gasteiger charge is 2.72. The number of H-pyrrole nitrogens is 1. The number of aromatic amines is 1. The summed E-state index contributed by atoms with van der Waals surface area (Å²) in [5.41, 5.74) is 2.79. The number of nitrogens with one attached hydrogen (secondary N) is 2. The fourth-order valence-electron chi connectivity index (χ4n) is 8.11. The number of aromatic nitrogens is 1. The molecule has 0 spiro atoms. The van der Waals surface area contributed by atoms with E-state index >= 15 is 0 Å². The van der Waals surface area contributed by atoms with Gasteiger partial charge >= 0.3 is 0 Å². The summed E-state index contributed by atoms with van der Waals surface area (Å²) in [5.74, 6) is -4.28. The van der Waals surface area contributed by atoms with E-state index in [4.69, 9.17) is 4.74 Å². The van der Waals surface area contributed by atoms with Crippen LogP contribution in [-0.4, -0.2) is 92.4 Å². The van der Waals surface area contributed by atoms with Crippen molar-refractivity contribution >= 4 is 34.2 Å². The Balaban J connectivity index is 1.25. The predicted octanol–water partition coefficient (Wildman–Crippen LogP) is 2.43. The molecule has 0 radical (unpaired) electrons. The second-order valence-corrected chi connectivity index (χ2v) is 13.3. The van der Waals surface area contributed by atoms with Crippen molar-refractivity contribution in [1.82, 2.24) is 25.0 Å². The molecule has 7 atom stereocenters. The van der Waals surface area contributed by atoms with E-state index in [1.807, 2.05) is 46.9 Å². The number of piperazine rings is 1. The average Bonchev–Trinajstić information content (AvgIpc) is 3.68. The second kappa shape index (κ2) is 9.39. The molecule has 1 aliphatic carbocycles. The maximum atomic E-state index is 14.4. The first kappa shape index (κ1) is 27.6. The smallest absolute Gasteiger partial charge is 0.281 e. The van der Waals surface area contributed by atoms with Crippen LogP contribution in [0.5, 0.6) is 0 Å². The van der Waals surface area contributed by atoms with Crippen LogP contribution in [0.2, 0.25) is 0 Å². The first-order chi connectivity index (χ1) is 20.0. The van der Waals surface area contributed by atoms with Gasteiger partial charge in [-0.05, 0) is 55.0 Å². The Labute approximate surface area is 246 Å². The van der Waals surface area contributed by atoms with Crippen LogP contribution in [-0.2, 0) is 25.5 Å². The molecule has 3 amide bonds. The molecule has 10 heteroatoms. The third-order valence-electron chi connectivity index (χ3n) is 10.6. The van der Waals surface area contributed by atoms with Crippen LogP contribution < -0.4 is 5.32 Å². The number of hydrogen-bond acceptors (Lipinski definition) is 6. The fraction of sp³-hybridized carbons (Fsp3) is 0.594. The molecule has 3 N–H and O–H groups in total. The molecule has 224 valence electrons. The van der Waals surface area contributed by atoms with Crippen molar-refractivity contribution in [3.63, 3.8) is 0 Å². The van der Waals surface area contributed by atoms with E-state index < -0.39 is 41.5 Å². The number of hydrogen-bond donors (Lipinski definition) is 3. The van der Waals surface area contributed by atoms with E-state index in [9.17, 15) is 19.5 Å². The van der Waals surface area contributed by atoms with Crippen molar-refractivity contribution in [2.75, 3.05) is 20.1 Å².